The predicted octanol–water partition coefficient (Wildman–Crippen LogP) is 6.52. The fraction of sp³-hybridized carbons (Fsp3) is 0.0741. The zero-order chi connectivity index (χ0) is 22.6. The van der Waals surface area contributed by atoms with Gasteiger partial charge in [0.15, 0.2) is 0 Å². The fourth-order valence-electron chi connectivity index (χ4n) is 3.64. The highest BCUT2D eigenvalue weighted by Crippen LogP contribution is 2.34. The van der Waals surface area contributed by atoms with Crippen LogP contribution < -0.4 is 5.32 Å². The summed E-state index contributed by atoms with van der Waals surface area (Å²) in [5.74, 6) is -0.168. The van der Waals surface area contributed by atoms with E-state index in [1.165, 1.54) is 0 Å². The number of para-hydroxylation sites is 2. The van der Waals surface area contributed by atoms with Gasteiger partial charge in [0.05, 0.1) is 28.7 Å². The van der Waals surface area contributed by atoms with Crippen molar-refractivity contribution in [1.29, 1.82) is 0 Å². The number of benzene rings is 3. The Morgan fingerprint density at radius 2 is 1.73 bits per heavy atom. The molecule has 0 aliphatic carbocycles. The van der Waals surface area contributed by atoms with Crippen molar-refractivity contribution < 1.29 is 4.79 Å². The minimum atomic E-state index is -0.168. The molecule has 5 nitrogen and oxygen atoms in total. The van der Waals surface area contributed by atoms with Crippen molar-refractivity contribution >= 4 is 34.3 Å². The van der Waals surface area contributed by atoms with Crippen molar-refractivity contribution in [3.05, 3.63) is 103 Å². The molecular weight excluding hydrogens is 428 g/mol. The van der Waals surface area contributed by atoms with E-state index in [1.54, 1.807) is 18.0 Å². The summed E-state index contributed by atoms with van der Waals surface area (Å²) in [6.07, 6.45) is 3.73. The Morgan fingerprint density at radius 1 is 0.970 bits per heavy atom. The number of anilines is 1. The second kappa shape index (κ2) is 9.30. The molecule has 0 saturated heterocycles. The molecule has 1 amide bonds. The number of hydrogen-bond acceptors (Lipinski definition) is 4. The highest BCUT2D eigenvalue weighted by Gasteiger charge is 2.16. The molecule has 0 aliphatic rings. The largest absolute Gasteiger partial charge is 0.321 e. The molecule has 0 bridgehead atoms. The molecule has 162 valence electrons. The zero-order valence-corrected chi connectivity index (χ0v) is 18.9. The maximum absolute atomic E-state index is 13.5. The third-order valence-electron chi connectivity index (χ3n) is 5.32. The van der Waals surface area contributed by atoms with Crippen LogP contribution in [0.1, 0.15) is 17.3 Å². The van der Waals surface area contributed by atoms with Gasteiger partial charge in [0.25, 0.3) is 5.91 Å². The van der Waals surface area contributed by atoms with E-state index in [-0.39, 0.29) is 5.91 Å². The summed E-state index contributed by atoms with van der Waals surface area (Å²) >= 11 is 1.62. The third-order valence-corrected chi connectivity index (χ3v) is 6.40. The number of rotatable bonds is 6. The summed E-state index contributed by atoms with van der Waals surface area (Å²) in [6, 6.07) is 27.6. The van der Waals surface area contributed by atoms with Gasteiger partial charge >= 0.3 is 0 Å². The Morgan fingerprint density at radius 3 is 2.55 bits per heavy atom. The molecular formula is C27H22N4OS. The maximum Gasteiger partial charge on any atom is 0.256 e. The number of amides is 1. The normalized spacial score (nSPS) is 10.9. The number of hydrogen-bond donors (Lipinski definition) is 1. The quantitative estimate of drug-likeness (QED) is 0.320. The Balaban J connectivity index is 1.51. The van der Waals surface area contributed by atoms with Crippen molar-refractivity contribution in [2.24, 2.45) is 0 Å². The van der Waals surface area contributed by atoms with Crippen LogP contribution in [0.2, 0.25) is 0 Å². The van der Waals surface area contributed by atoms with Crippen LogP contribution in [0.5, 0.6) is 0 Å². The van der Waals surface area contributed by atoms with Crippen LogP contribution in [0.4, 0.5) is 5.69 Å². The van der Waals surface area contributed by atoms with Gasteiger partial charge < -0.3 is 5.32 Å². The second-order valence-electron chi connectivity index (χ2n) is 7.52. The van der Waals surface area contributed by atoms with Gasteiger partial charge in [0.2, 0.25) is 0 Å². The molecule has 3 aromatic carbocycles. The molecule has 1 N–H and O–H groups in total. The molecule has 5 rings (SSSR count). The van der Waals surface area contributed by atoms with Crippen molar-refractivity contribution in [3.63, 3.8) is 0 Å². The molecule has 0 fully saturated rings. The first-order valence-electron chi connectivity index (χ1n) is 10.8. The molecule has 0 unspecified atom stereocenters. The SMILES string of the molecule is CCn1cc(-c2cc(C(=O)Nc3ccccc3Sc3ccccc3)c3ccccc3n2)cn1. The Labute approximate surface area is 196 Å². The maximum atomic E-state index is 13.5. The van der Waals surface area contributed by atoms with Crippen LogP contribution in [0.3, 0.4) is 0 Å². The van der Waals surface area contributed by atoms with E-state index in [0.29, 0.717) is 5.56 Å². The van der Waals surface area contributed by atoms with E-state index < -0.39 is 0 Å². The Hall–Kier alpha value is -3.90. The van der Waals surface area contributed by atoms with E-state index in [9.17, 15) is 4.79 Å². The minimum absolute atomic E-state index is 0.168. The van der Waals surface area contributed by atoms with Gasteiger partial charge in [-0.25, -0.2) is 4.98 Å². The number of nitrogens with zero attached hydrogens (tertiary/aromatic N) is 3. The smallest absolute Gasteiger partial charge is 0.256 e. The number of pyridine rings is 1. The molecule has 0 aliphatic heterocycles. The van der Waals surface area contributed by atoms with Crippen molar-refractivity contribution in [1.82, 2.24) is 14.8 Å². The molecule has 33 heavy (non-hydrogen) atoms. The number of fused-ring (bicyclic) bond motifs is 1. The van der Waals surface area contributed by atoms with Crippen molar-refractivity contribution in [2.75, 3.05) is 5.32 Å². The second-order valence-corrected chi connectivity index (χ2v) is 8.64. The van der Waals surface area contributed by atoms with Crippen LogP contribution in [-0.4, -0.2) is 20.7 Å². The Kier molecular flexibility index (Phi) is 5.91. The minimum Gasteiger partial charge on any atom is -0.321 e. The summed E-state index contributed by atoms with van der Waals surface area (Å²) in [5, 5.41) is 8.30. The predicted molar refractivity (Wildman–Crippen MR) is 134 cm³/mol. The molecule has 2 heterocycles. The van der Waals surface area contributed by atoms with E-state index in [0.717, 1.165) is 44.2 Å². The number of carbonyl (C=O) groups is 1. The van der Waals surface area contributed by atoms with Crippen LogP contribution in [-0.2, 0) is 6.54 Å². The lowest BCUT2D eigenvalue weighted by Gasteiger charge is -2.13. The lowest BCUT2D eigenvalue weighted by molar-refractivity contribution is 0.102. The van der Waals surface area contributed by atoms with E-state index in [2.05, 4.69) is 22.5 Å². The topological polar surface area (TPSA) is 59.8 Å². The third kappa shape index (κ3) is 4.52. The highest BCUT2D eigenvalue weighted by atomic mass is 32.2. The first kappa shape index (κ1) is 21.0. The van der Waals surface area contributed by atoms with Gasteiger partial charge in [-0.15, -0.1) is 0 Å². The number of aryl methyl sites for hydroxylation is 1. The van der Waals surface area contributed by atoms with E-state index >= 15 is 0 Å². The molecule has 0 atom stereocenters. The average molecular weight is 451 g/mol. The summed E-state index contributed by atoms with van der Waals surface area (Å²) < 4.78 is 1.85. The molecule has 0 radical (unpaired) electrons. The first-order valence-corrected chi connectivity index (χ1v) is 11.6. The van der Waals surface area contributed by atoms with Gasteiger partial charge in [-0.1, -0.05) is 60.3 Å². The average Bonchev–Trinajstić information content (AvgIpc) is 3.35. The number of carbonyl (C=O) groups excluding carboxylic acids is 1. The monoisotopic (exact) mass is 450 g/mol. The molecule has 6 heteroatoms. The lowest BCUT2D eigenvalue weighted by Crippen LogP contribution is -2.13. The summed E-state index contributed by atoms with van der Waals surface area (Å²) in [5.41, 5.74) is 3.75. The van der Waals surface area contributed by atoms with Crippen molar-refractivity contribution in [2.45, 2.75) is 23.3 Å². The van der Waals surface area contributed by atoms with Crippen LogP contribution in [0.15, 0.2) is 107 Å². The van der Waals surface area contributed by atoms with Crippen LogP contribution in [0.25, 0.3) is 22.2 Å². The van der Waals surface area contributed by atoms with E-state index in [1.807, 2.05) is 90.6 Å². The molecule has 2 aromatic heterocycles. The van der Waals surface area contributed by atoms with Gasteiger partial charge in [-0.3, -0.25) is 9.48 Å². The number of nitrogens with one attached hydrogen (secondary N) is 1. The standard InChI is InChI=1S/C27H22N4OS/c1-2-31-18-19(17-28-31)25-16-22(21-12-6-7-13-23(21)29-25)27(32)30-24-14-8-9-15-26(24)33-20-10-4-3-5-11-20/h3-18H,2H2,1H3,(H,30,32). The zero-order valence-electron chi connectivity index (χ0n) is 18.1. The van der Waals surface area contributed by atoms with Crippen LogP contribution in [0, 0.1) is 0 Å². The summed E-state index contributed by atoms with van der Waals surface area (Å²) in [6.45, 7) is 2.81. The van der Waals surface area contributed by atoms with Gasteiger partial charge in [-0.2, -0.15) is 5.10 Å². The summed E-state index contributed by atoms with van der Waals surface area (Å²) in [7, 11) is 0. The number of aromatic nitrogens is 3. The van der Waals surface area contributed by atoms with Gasteiger partial charge in [-0.05, 0) is 43.3 Å². The van der Waals surface area contributed by atoms with E-state index in [4.69, 9.17) is 4.98 Å². The fourth-order valence-corrected chi connectivity index (χ4v) is 4.57. The van der Waals surface area contributed by atoms with Crippen LogP contribution >= 0.6 is 11.8 Å². The van der Waals surface area contributed by atoms with Crippen molar-refractivity contribution in [3.8, 4) is 11.3 Å². The Bertz CT molecular complexity index is 1430. The first-order chi connectivity index (χ1) is 16.2. The molecule has 0 spiro atoms. The lowest BCUT2D eigenvalue weighted by atomic mass is 10.0. The summed E-state index contributed by atoms with van der Waals surface area (Å²) in [4.78, 5) is 20.4. The van der Waals surface area contributed by atoms with Gasteiger partial charge in [0, 0.05) is 33.5 Å². The molecule has 0 saturated carbocycles. The highest BCUT2D eigenvalue weighted by molar-refractivity contribution is 7.99. The van der Waals surface area contributed by atoms with Gasteiger partial charge in [0.1, 0.15) is 0 Å². The molecule has 5 aromatic rings.